The van der Waals surface area contributed by atoms with E-state index in [1.165, 1.54) is 36.6 Å². The number of nitrogens with zero attached hydrogens (tertiary/aromatic N) is 1. The Morgan fingerprint density at radius 2 is 1.78 bits per heavy atom. The van der Waals surface area contributed by atoms with Gasteiger partial charge >= 0.3 is 0 Å². The van der Waals surface area contributed by atoms with Gasteiger partial charge in [-0.2, -0.15) is 0 Å². The van der Waals surface area contributed by atoms with Crippen molar-refractivity contribution in [2.24, 2.45) is 0 Å². The Bertz CT molecular complexity index is 986. The molecule has 0 bridgehead atoms. The molecule has 0 fully saturated rings. The Morgan fingerprint density at radius 1 is 1.07 bits per heavy atom. The Morgan fingerprint density at radius 3 is 2.44 bits per heavy atom. The molecule has 1 aromatic heterocycles. The first-order chi connectivity index (χ1) is 13.0. The van der Waals surface area contributed by atoms with Crippen LogP contribution in [-0.4, -0.2) is 29.0 Å². The number of amides is 2. The van der Waals surface area contributed by atoms with Gasteiger partial charge in [-0.1, -0.05) is 30.3 Å². The summed E-state index contributed by atoms with van der Waals surface area (Å²) < 4.78 is 4.97. The van der Waals surface area contributed by atoms with Gasteiger partial charge in [0.25, 0.3) is 11.8 Å². The predicted octanol–water partition coefficient (Wildman–Crippen LogP) is 2.91. The van der Waals surface area contributed by atoms with Crippen molar-refractivity contribution in [1.29, 1.82) is 0 Å². The van der Waals surface area contributed by atoms with E-state index < -0.39 is 11.8 Å². The molecule has 2 aromatic carbocycles. The summed E-state index contributed by atoms with van der Waals surface area (Å²) in [6.45, 7) is 1.73. The number of hydrogen-bond donors (Lipinski definition) is 3. The van der Waals surface area contributed by atoms with Gasteiger partial charge in [0.15, 0.2) is 0 Å². The summed E-state index contributed by atoms with van der Waals surface area (Å²) in [4.78, 5) is 29.4. The molecule has 0 spiro atoms. The number of aromatic hydroxyl groups is 1. The Kier molecular flexibility index (Phi) is 5.37. The fraction of sp³-hybridized carbons (Fsp3) is 0.105. The first-order valence-electron chi connectivity index (χ1n) is 8.00. The molecule has 8 heteroatoms. The number of phenols is 1. The van der Waals surface area contributed by atoms with Crippen LogP contribution in [0.2, 0.25) is 0 Å². The molecule has 27 heavy (non-hydrogen) atoms. The number of hydrogen-bond acceptors (Lipinski definition) is 6. The van der Waals surface area contributed by atoms with Gasteiger partial charge in [-0.05, 0) is 19.1 Å². The van der Waals surface area contributed by atoms with Crippen LogP contribution in [0.1, 0.15) is 25.7 Å². The molecule has 138 valence electrons. The van der Waals surface area contributed by atoms with Crippen LogP contribution >= 0.6 is 11.3 Å². The van der Waals surface area contributed by atoms with E-state index in [2.05, 4.69) is 15.8 Å². The van der Waals surface area contributed by atoms with Gasteiger partial charge in [-0.25, -0.2) is 4.98 Å². The van der Waals surface area contributed by atoms with Crippen molar-refractivity contribution in [3.63, 3.8) is 0 Å². The zero-order valence-corrected chi connectivity index (χ0v) is 15.5. The Labute approximate surface area is 159 Å². The lowest BCUT2D eigenvalue weighted by Crippen LogP contribution is -2.41. The number of phenolic OH excluding ortho intramolecular Hbond substituents is 1. The van der Waals surface area contributed by atoms with Gasteiger partial charge in [0.1, 0.15) is 21.4 Å². The smallest absolute Gasteiger partial charge is 0.281 e. The Balaban J connectivity index is 1.69. The lowest BCUT2D eigenvalue weighted by atomic mass is 10.2. The highest BCUT2D eigenvalue weighted by Crippen LogP contribution is 2.27. The van der Waals surface area contributed by atoms with E-state index in [1.54, 1.807) is 6.92 Å². The lowest BCUT2D eigenvalue weighted by Gasteiger charge is -2.09. The number of hydrazine groups is 1. The topological polar surface area (TPSA) is 101 Å². The molecule has 1 heterocycles. The predicted molar refractivity (Wildman–Crippen MR) is 102 cm³/mol. The number of rotatable bonds is 4. The molecule has 3 aromatic rings. The van der Waals surface area contributed by atoms with Crippen molar-refractivity contribution in [1.82, 2.24) is 15.8 Å². The van der Waals surface area contributed by atoms with E-state index in [4.69, 9.17) is 4.74 Å². The van der Waals surface area contributed by atoms with Crippen molar-refractivity contribution >= 4 is 23.2 Å². The SMILES string of the molecule is COc1ccc(C(=O)NNC(=O)c2sc(-c3ccccc3)nc2C)c(O)c1. The minimum atomic E-state index is -0.644. The summed E-state index contributed by atoms with van der Waals surface area (Å²) >= 11 is 1.24. The maximum absolute atomic E-state index is 12.4. The van der Waals surface area contributed by atoms with E-state index in [0.29, 0.717) is 16.3 Å². The average Bonchev–Trinajstić information content (AvgIpc) is 3.08. The van der Waals surface area contributed by atoms with E-state index in [9.17, 15) is 14.7 Å². The van der Waals surface area contributed by atoms with Crippen LogP contribution in [0.15, 0.2) is 48.5 Å². The second-order valence-corrected chi connectivity index (χ2v) is 6.59. The quantitative estimate of drug-likeness (QED) is 0.602. The number of nitrogens with one attached hydrogen (secondary N) is 2. The molecule has 0 radical (unpaired) electrons. The fourth-order valence-electron chi connectivity index (χ4n) is 2.38. The molecule has 0 aliphatic carbocycles. The molecule has 0 atom stereocenters. The Hall–Kier alpha value is -3.39. The number of benzene rings is 2. The highest BCUT2D eigenvalue weighted by atomic mass is 32.1. The summed E-state index contributed by atoms with van der Waals surface area (Å²) in [5.74, 6) is -0.953. The third-order valence-electron chi connectivity index (χ3n) is 3.76. The number of aryl methyl sites for hydroxylation is 1. The highest BCUT2D eigenvalue weighted by Gasteiger charge is 2.18. The monoisotopic (exact) mass is 383 g/mol. The van der Waals surface area contributed by atoms with Crippen LogP contribution in [0, 0.1) is 6.92 Å². The summed E-state index contributed by atoms with van der Waals surface area (Å²) in [6.07, 6.45) is 0. The molecule has 7 nitrogen and oxygen atoms in total. The molecular formula is C19H17N3O4S. The number of methoxy groups -OCH3 is 1. The van der Waals surface area contributed by atoms with Crippen molar-refractivity contribution in [3.05, 3.63) is 64.7 Å². The van der Waals surface area contributed by atoms with E-state index in [-0.39, 0.29) is 11.3 Å². The minimum absolute atomic E-state index is 0.0158. The van der Waals surface area contributed by atoms with E-state index in [1.807, 2.05) is 30.3 Å². The van der Waals surface area contributed by atoms with Gasteiger partial charge < -0.3 is 9.84 Å². The van der Waals surface area contributed by atoms with Crippen molar-refractivity contribution < 1.29 is 19.4 Å². The summed E-state index contributed by atoms with van der Waals surface area (Å²) in [6, 6.07) is 13.8. The zero-order valence-electron chi connectivity index (χ0n) is 14.6. The second kappa shape index (κ2) is 7.88. The van der Waals surface area contributed by atoms with Crippen LogP contribution in [0.3, 0.4) is 0 Å². The third kappa shape index (κ3) is 4.06. The van der Waals surface area contributed by atoms with Crippen LogP contribution in [0.4, 0.5) is 0 Å². The molecular weight excluding hydrogens is 366 g/mol. The van der Waals surface area contributed by atoms with Gasteiger partial charge in [-0.3, -0.25) is 20.4 Å². The summed E-state index contributed by atoms with van der Waals surface area (Å²) in [5, 5.41) is 10.6. The number of carbonyl (C=O) groups is 2. The van der Waals surface area contributed by atoms with Crippen LogP contribution < -0.4 is 15.6 Å². The zero-order chi connectivity index (χ0) is 19.4. The van der Waals surface area contributed by atoms with Gasteiger partial charge in [0, 0.05) is 11.6 Å². The number of ether oxygens (including phenoxy) is 1. The lowest BCUT2D eigenvalue weighted by molar-refractivity contribution is 0.0846. The molecule has 3 rings (SSSR count). The minimum Gasteiger partial charge on any atom is -0.507 e. The number of thiazole rings is 1. The second-order valence-electron chi connectivity index (χ2n) is 5.59. The van der Waals surface area contributed by atoms with Crippen molar-refractivity contribution in [2.75, 3.05) is 7.11 Å². The van der Waals surface area contributed by atoms with E-state index >= 15 is 0 Å². The highest BCUT2D eigenvalue weighted by molar-refractivity contribution is 7.17. The summed E-state index contributed by atoms with van der Waals surface area (Å²) in [5.41, 5.74) is 6.14. The molecule has 0 unspecified atom stereocenters. The normalized spacial score (nSPS) is 10.3. The largest absolute Gasteiger partial charge is 0.507 e. The summed E-state index contributed by atoms with van der Waals surface area (Å²) in [7, 11) is 1.45. The maximum Gasteiger partial charge on any atom is 0.281 e. The maximum atomic E-state index is 12.4. The van der Waals surface area contributed by atoms with Crippen LogP contribution in [0.25, 0.3) is 10.6 Å². The van der Waals surface area contributed by atoms with E-state index in [0.717, 1.165) is 10.6 Å². The van der Waals surface area contributed by atoms with Gasteiger partial charge in [-0.15, -0.1) is 11.3 Å². The van der Waals surface area contributed by atoms with Crippen molar-refractivity contribution in [3.8, 4) is 22.1 Å². The molecule has 0 saturated carbocycles. The average molecular weight is 383 g/mol. The standard InChI is InChI=1S/C19H17N3O4S/c1-11-16(27-19(20-11)12-6-4-3-5-7-12)18(25)22-21-17(24)14-9-8-13(26-2)10-15(14)23/h3-10,23H,1-2H3,(H,21,24)(H,22,25). The molecule has 3 N–H and O–H groups in total. The molecule has 0 saturated heterocycles. The number of aromatic nitrogens is 1. The fourth-order valence-corrected chi connectivity index (χ4v) is 3.35. The van der Waals surface area contributed by atoms with Gasteiger partial charge in [0.2, 0.25) is 0 Å². The third-order valence-corrected chi connectivity index (χ3v) is 4.97. The van der Waals surface area contributed by atoms with Crippen LogP contribution in [-0.2, 0) is 0 Å². The molecule has 0 aliphatic heterocycles. The van der Waals surface area contributed by atoms with Crippen molar-refractivity contribution in [2.45, 2.75) is 6.92 Å². The van der Waals surface area contributed by atoms with Gasteiger partial charge in [0.05, 0.1) is 18.4 Å². The first kappa shape index (κ1) is 18.4. The van der Waals surface area contributed by atoms with Crippen LogP contribution in [0.5, 0.6) is 11.5 Å². The first-order valence-corrected chi connectivity index (χ1v) is 8.81. The molecule has 0 aliphatic rings. The number of carbonyl (C=O) groups excluding carboxylic acids is 2. The molecule has 2 amide bonds.